The van der Waals surface area contributed by atoms with Gasteiger partial charge in [-0.2, -0.15) is 0 Å². The number of amides is 2. The van der Waals surface area contributed by atoms with Gasteiger partial charge in [-0.1, -0.05) is 52.0 Å². The standard InChI is InChI=1S/C45H61N3O5/c1-26(2)30-14-21-45(41(53)47-23-18-27-8-7-9-28(24-27)39(50)48-34-25-29(40(51)52)10-12-33(34)46)22-15-32-31(38(30)45)11-13-36-43(32,5)19-16-35-42(3,4)37(49)17-20-44(35,36)6/h7-10,12,24-25,30-32,35-38,49H,1,11,13-23,46H2,2-6H3,(H,47,53)(H,48,50)(H,51,52). The van der Waals surface area contributed by atoms with Crippen LogP contribution in [0.3, 0.4) is 0 Å². The summed E-state index contributed by atoms with van der Waals surface area (Å²) in [5.74, 6) is 1.71. The first-order chi connectivity index (χ1) is 25.0. The van der Waals surface area contributed by atoms with Crippen LogP contribution < -0.4 is 16.4 Å². The van der Waals surface area contributed by atoms with Crippen molar-refractivity contribution in [1.82, 2.24) is 5.32 Å². The van der Waals surface area contributed by atoms with Gasteiger partial charge in [-0.05, 0) is 165 Å². The van der Waals surface area contributed by atoms with E-state index >= 15 is 0 Å². The molecule has 6 N–H and O–H groups in total. The van der Waals surface area contributed by atoms with Gasteiger partial charge in [-0.15, -0.1) is 0 Å². The van der Waals surface area contributed by atoms with E-state index in [1.165, 1.54) is 49.5 Å². The van der Waals surface area contributed by atoms with E-state index in [1.807, 2.05) is 18.2 Å². The van der Waals surface area contributed by atoms with E-state index < -0.39 is 5.97 Å². The number of carbonyl (C=O) groups is 3. The molecule has 0 aromatic heterocycles. The van der Waals surface area contributed by atoms with Gasteiger partial charge in [-0.3, -0.25) is 9.59 Å². The van der Waals surface area contributed by atoms with Gasteiger partial charge < -0.3 is 26.6 Å². The Bertz CT molecular complexity index is 1800. The SMILES string of the molecule is C=C(C)C1CCC2(C(=O)NCCc3cccc(C(=O)Nc4cc(C(=O)O)ccc4N)c3)CCC3C(CCC4C3(C)CCC3C(C)(C)C(O)CCC34C)C12. The number of carboxylic acid groups (broad SMARTS) is 1. The summed E-state index contributed by atoms with van der Waals surface area (Å²) >= 11 is 0. The number of benzene rings is 2. The number of hydrogen-bond acceptors (Lipinski definition) is 5. The molecule has 8 heteroatoms. The Morgan fingerprint density at radius 1 is 0.868 bits per heavy atom. The zero-order chi connectivity index (χ0) is 38.1. The fraction of sp³-hybridized carbons (Fsp3) is 0.622. The van der Waals surface area contributed by atoms with Gasteiger partial charge in [0.25, 0.3) is 5.91 Å². The zero-order valence-electron chi connectivity index (χ0n) is 32.5. The summed E-state index contributed by atoms with van der Waals surface area (Å²) in [7, 11) is 0. The summed E-state index contributed by atoms with van der Waals surface area (Å²) in [6.45, 7) is 17.0. The van der Waals surface area contributed by atoms with Crippen molar-refractivity contribution in [1.29, 1.82) is 0 Å². The van der Waals surface area contributed by atoms with Gasteiger partial charge in [0, 0.05) is 12.1 Å². The fourth-order valence-electron chi connectivity index (χ4n) is 13.5. The number of allylic oxidation sites excluding steroid dienone is 1. The van der Waals surface area contributed by atoms with Crippen molar-refractivity contribution in [3.8, 4) is 0 Å². The molecule has 2 aromatic carbocycles. The van der Waals surface area contributed by atoms with Crippen molar-refractivity contribution in [2.45, 2.75) is 111 Å². The highest BCUT2D eigenvalue weighted by Gasteiger charge is 2.68. The number of rotatable bonds is 8. The Morgan fingerprint density at radius 2 is 1.60 bits per heavy atom. The second kappa shape index (κ2) is 13.6. The second-order valence-electron chi connectivity index (χ2n) is 18.9. The number of nitrogens with two attached hydrogens (primary N) is 1. The lowest BCUT2D eigenvalue weighted by Gasteiger charge is -2.69. The van der Waals surface area contributed by atoms with Crippen LogP contribution in [-0.4, -0.2) is 40.6 Å². The van der Waals surface area contributed by atoms with Gasteiger partial charge in [0.15, 0.2) is 0 Å². The summed E-state index contributed by atoms with van der Waals surface area (Å²) in [5, 5.41) is 26.6. The molecule has 10 atom stereocenters. The molecule has 5 aliphatic rings. The zero-order valence-corrected chi connectivity index (χ0v) is 32.5. The minimum Gasteiger partial charge on any atom is -0.478 e. The Hall–Kier alpha value is -3.65. The average molecular weight is 724 g/mol. The number of aliphatic hydroxyl groups excluding tert-OH is 1. The van der Waals surface area contributed by atoms with E-state index in [4.69, 9.17) is 5.73 Å². The van der Waals surface area contributed by atoms with Gasteiger partial charge in [0.1, 0.15) is 0 Å². The minimum atomic E-state index is -1.10. The molecule has 5 aliphatic carbocycles. The normalized spacial score (nSPS) is 36.9. The van der Waals surface area contributed by atoms with Crippen LogP contribution in [0.2, 0.25) is 0 Å². The number of aromatic carboxylic acids is 1. The Morgan fingerprint density at radius 3 is 2.34 bits per heavy atom. The minimum absolute atomic E-state index is 0.0412. The highest BCUT2D eigenvalue weighted by Crippen LogP contribution is 2.73. The molecule has 53 heavy (non-hydrogen) atoms. The number of nitrogens with one attached hydrogen (secondary N) is 2. The molecule has 286 valence electrons. The Labute approximate surface area is 315 Å². The fourth-order valence-corrected chi connectivity index (χ4v) is 13.5. The van der Waals surface area contributed by atoms with Gasteiger partial charge in [0.2, 0.25) is 5.91 Å². The van der Waals surface area contributed by atoms with Crippen molar-refractivity contribution in [2.24, 2.45) is 57.2 Å². The van der Waals surface area contributed by atoms with Gasteiger partial charge >= 0.3 is 5.97 Å². The first-order valence-electron chi connectivity index (χ1n) is 20.2. The molecule has 0 bridgehead atoms. The van der Waals surface area contributed by atoms with E-state index in [-0.39, 0.29) is 56.5 Å². The summed E-state index contributed by atoms with van der Waals surface area (Å²) in [6, 6.07) is 11.6. The van der Waals surface area contributed by atoms with Crippen LogP contribution in [0, 0.1) is 57.2 Å². The number of fused-ring (bicyclic) bond motifs is 7. The van der Waals surface area contributed by atoms with Crippen LogP contribution >= 0.6 is 0 Å². The molecule has 2 amide bonds. The smallest absolute Gasteiger partial charge is 0.335 e. The van der Waals surface area contributed by atoms with Crippen molar-refractivity contribution >= 4 is 29.2 Å². The van der Waals surface area contributed by atoms with Crippen molar-refractivity contribution in [3.63, 3.8) is 0 Å². The monoisotopic (exact) mass is 723 g/mol. The predicted octanol–water partition coefficient (Wildman–Crippen LogP) is 8.51. The molecule has 0 heterocycles. The summed E-state index contributed by atoms with van der Waals surface area (Å²) < 4.78 is 0. The summed E-state index contributed by atoms with van der Waals surface area (Å²) in [5.41, 5.74) is 9.25. The molecule has 0 saturated heterocycles. The summed E-state index contributed by atoms with van der Waals surface area (Å²) in [6.07, 6.45) is 11.2. The van der Waals surface area contributed by atoms with Gasteiger partial charge in [-0.25, -0.2) is 4.79 Å². The van der Waals surface area contributed by atoms with E-state index in [0.717, 1.165) is 44.1 Å². The topological polar surface area (TPSA) is 142 Å². The number of anilines is 2. The van der Waals surface area contributed by atoms with Crippen LogP contribution in [-0.2, 0) is 11.2 Å². The van der Waals surface area contributed by atoms with E-state index in [2.05, 4.69) is 51.8 Å². The molecule has 0 spiro atoms. The maximum atomic E-state index is 14.5. The van der Waals surface area contributed by atoms with E-state index in [9.17, 15) is 24.6 Å². The molecular weight excluding hydrogens is 663 g/mol. The molecular formula is C45H61N3O5. The van der Waals surface area contributed by atoms with Gasteiger partial charge in [0.05, 0.1) is 28.5 Å². The number of hydrogen-bond donors (Lipinski definition) is 5. The molecule has 10 unspecified atom stereocenters. The van der Waals surface area contributed by atoms with Crippen molar-refractivity contribution in [3.05, 3.63) is 71.3 Å². The van der Waals surface area contributed by atoms with Crippen LogP contribution in [0.5, 0.6) is 0 Å². The predicted molar refractivity (Wildman–Crippen MR) is 209 cm³/mol. The lowest BCUT2D eigenvalue weighted by molar-refractivity contribution is -0.216. The largest absolute Gasteiger partial charge is 0.478 e. The molecule has 7 rings (SSSR count). The maximum absolute atomic E-state index is 14.5. The van der Waals surface area contributed by atoms with E-state index in [0.29, 0.717) is 54.0 Å². The molecule has 0 aliphatic heterocycles. The lowest BCUT2D eigenvalue weighted by Crippen LogP contribution is -2.64. The molecule has 5 fully saturated rings. The molecule has 5 saturated carbocycles. The highest BCUT2D eigenvalue weighted by atomic mass is 16.4. The van der Waals surface area contributed by atoms with Crippen molar-refractivity contribution in [2.75, 3.05) is 17.6 Å². The third-order valence-corrected chi connectivity index (χ3v) is 16.1. The second-order valence-corrected chi connectivity index (χ2v) is 18.9. The molecule has 8 nitrogen and oxygen atoms in total. The number of nitrogen functional groups attached to an aromatic ring is 1. The number of carboxylic acids is 1. The highest BCUT2D eigenvalue weighted by molar-refractivity contribution is 6.06. The number of carbonyl (C=O) groups excluding carboxylic acids is 2. The molecule has 2 aromatic rings. The summed E-state index contributed by atoms with van der Waals surface area (Å²) in [4.78, 5) is 39.1. The van der Waals surface area contributed by atoms with Crippen LogP contribution in [0.4, 0.5) is 11.4 Å². The van der Waals surface area contributed by atoms with Crippen LogP contribution in [0.25, 0.3) is 0 Å². The third-order valence-electron chi connectivity index (χ3n) is 16.1. The average Bonchev–Trinajstić information content (AvgIpc) is 3.53. The first-order valence-corrected chi connectivity index (χ1v) is 20.2. The van der Waals surface area contributed by atoms with Crippen LogP contribution in [0.15, 0.2) is 54.6 Å². The Kier molecular flexibility index (Phi) is 9.65. The lowest BCUT2D eigenvalue weighted by atomic mass is 9.36. The van der Waals surface area contributed by atoms with E-state index in [1.54, 1.807) is 6.07 Å². The maximum Gasteiger partial charge on any atom is 0.335 e. The first kappa shape index (κ1) is 37.7. The Balaban J connectivity index is 1.05. The van der Waals surface area contributed by atoms with Crippen molar-refractivity contribution < 1.29 is 24.6 Å². The third kappa shape index (κ3) is 6.11. The van der Waals surface area contributed by atoms with Crippen LogP contribution in [0.1, 0.15) is 125 Å². The quantitative estimate of drug-likeness (QED) is 0.137. The number of aliphatic hydroxyl groups is 1. The molecule has 0 radical (unpaired) electrons.